The van der Waals surface area contributed by atoms with E-state index in [1.165, 1.54) is 38.9 Å². The first-order chi connectivity index (χ1) is 9.75. The maximum Gasteiger partial charge on any atom is 0.00384 e. The fourth-order valence-corrected chi connectivity index (χ4v) is 6.72. The summed E-state index contributed by atoms with van der Waals surface area (Å²) in [5.74, 6) is 4.20. The highest BCUT2D eigenvalue weighted by Gasteiger charge is 2.51. The molecular weight excluding hydrogens is 244 g/mol. The molecule has 1 aliphatic heterocycles. The molecule has 1 heterocycles. The maximum atomic E-state index is 5.77. The highest BCUT2D eigenvalue weighted by atomic mass is 15.1. The monoisotopic (exact) mass is 276 g/mol. The van der Waals surface area contributed by atoms with E-state index in [-0.39, 0.29) is 0 Å². The van der Waals surface area contributed by atoms with Gasteiger partial charge in [0, 0.05) is 13.1 Å². The van der Waals surface area contributed by atoms with Crippen molar-refractivity contribution in [2.24, 2.45) is 34.8 Å². The van der Waals surface area contributed by atoms with E-state index in [2.05, 4.69) is 4.90 Å². The molecule has 5 rings (SSSR count). The molecule has 4 bridgehead atoms. The minimum Gasteiger partial charge on any atom is -0.330 e. The van der Waals surface area contributed by atoms with Gasteiger partial charge in [-0.25, -0.2) is 0 Å². The number of hydrogen-bond acceptors (Lipinski definition) is 2. The molecular formula is C18H32N2. The lowest BCUT2D eigenvalue weighted by molar-refractivity contribution is -0.0734. The number of rotatable bonds is 4. The lowest BCUT2D eigenvalue weighted by Gasteiger charge is -2.58. The van der Waals surface area contributed by atoms with Gasteiger partial charge in [0.2, 0.25) is 0 Å². The van der Waals surface area contributed by atoms with Crippen LogP contribution in [0.3, 0.4) is 0 Å². The normalized spacial score (nSPS) is 47.9. The Morgan fingerprint density at radius 1 is 1.00 bits per heavy atom. The zero-order valence-electron chi connectivity index (χ0n) is 13.0. The van der Waals surface area contributed by atoms with Crippen molar-refractivity contribution in [3.8, 4) is 0 Å². The summed E-state index contributed by atoms with van der Waals surface area (Å²) in [5, 5.41) is 0. The quantitative estimate of drug-likeness (QED) is 0.854. The summed E-state index contributed by atoms with van der Waals surface area (Å²) < 4.78 is 0. The Bertz CT molecular complexity index is 314. The molecule has 2 nitrogen and oxygen atoms in total. The fourth-order valence-electron chi connectivity index (χ4n) is 6.72. The molecule has 0 radical (unpaired) electrons. The summed E-state index contributed by atoms with van der Waals surface area (Å²) in [7, 11) is 0. The first-order valence-corrected chi connectivity index (χ1v) is 9.17. The Morgan fingerprint density at radius 2 is 1.65 bits per heavy atom. The van der Waals surface area contributed by atoms with Crippen LogP contribution in [0, 0.1) is 29.1 Å². The minimum atomic E-state index is 0.735. The van der Waals surface area contributed by atoms with Gasteiger partial charge in [0.15, 0.2) is 0 Å². The largest absolute Gasteiger partial charge is 0.330 e. The lowest BCUT2D eigenvalue weighted by atomic mass is 9.49. The predicted octanol–water partition coefficient (Wildman–Crippen LogP) is 3.26. The van der Waals surface area contributed by atoms with Crippen LogP contribution in [0.5, 0.6) is 0 Å². The van der Waals surface area contributed by atoms with Crippen molar-refractivity contribution in [1.29, 1.82) is 0 Å². The third-order valence-corrected chi connectivity index (χ3v) is 6.90. The Kier molecular flexibility index (Phi) is 3.58. The first-order valence-electron chi connectivity index (χ1n) is 9.17. The van der Waals surface area contributed by atoms with E-state index in [4.69, 9.17) is 5.73 Å². The summed E-state index contributed by atoms with van der Waals surface area (Å²) in [6, 6.07) is 0. The molecule has 4 aliphatic carbocycles. The third kappa shape index (κ3) is 2.54. The topological polar surface area (TPSA) is 29.3 Å². The van der Waals surface area contributed by atoms with Crippen molar-refractivity contribution < 1.29 is 0 Å². The van der Waals surface area contributed by atoms with E-state index < -0.39 is 0 Å². The minimum absolute atomic E-state index is 0.735. The number of nitrogens with zero attached hydrogens (tertiary/aromatic N) is 1. The molecule has 1 saturated heterocycles. The summed E-state index contributed by atoms with van der Waals surface area (Å²) >= 11 is 0. The van der Waals surface area contributed by atoms with Gasteiger partial charge in [-0.1, -0.05) is 0 Å². The molecule has 4 saturated carbocycles. The molecule has 0 aromatic heterocycles. The number of likely N-dealkylation sites (tertiary alicyclic amines) is 1. The van der Waals surface area contributed by atoms with E-state index in [1.54, 1.807) is 38.5 Å². The molecule has 5 aliphatic rings. The molecule has 2 N–H and O–H groups in total. The van der Waals surface area contributed by atoms with Gasteiger partial charge >= 0.3 is 0 Å². The SMILES string of the molecule is NCCC1CCCN(CC23CC4CC(CC(C4)C2)C3)C1. The van der Waals surface area contributed by atoms with Crippen molar-refractivity contribution in [1.82, 2.24) is 4.90 Å². The van der Waals surface area contributed by atoms with Crippen molar-refractivity contribution in [2.75, 3.05) is 26.2 Å². The van der Waals surface area contributed by atoms with E-state index in [0.29, 0.717) is 0 Å². The van der Waals surface area contributed by atoms with Crippen LogP contribution in [0.2, 0.25) is 0 Å². The second-order valence-electron chi connectivity index (χ2n) is 8.74. The zero-order chi connectivity index (χ0) is 13.6. The molecule has 1 unspecified atom stereocenters. The van der Waals surface area contributed by atoms with Gasteiger partial charge in [0.25, 0.3) is 0 Å². The van der Waals surface area contributed by atoms with Gasteiger partial charge in [0.05, 0.1) is 0 Å². The standard InChI is InChI=1S/C18H32N2/c19-4-3-14-2-1-5-20(12-14)13-18-9-15-6-16(10-18)8-17(7-15)11-18/h14-17H,1-13,19H2. The highest BCUT2D eigenvalue weighted by Crippen LogP contribution is 2.60. The van der Waals surface area contributed by atoms with Crippen molar-refractivity contribution in [3.63, 3.8) is 0 Å². The predicted molar refractivity (Wildman–Crippen MR) is 83.4 cm³/mol. The fraction of sp³-hybridized carbons (Fsp3) is 1.00. The van der Waals surface area contributed by atoms with Crippen LogP contribution in [0.15, 0.2) is 0 Å². The second kappa shape index (κ2) is 5.28. The van der Waals surface area contributed by atoms with Gasteiger partial charge in [-0.05, 0) is 100.0 Å². The van der Waals surface area contributed by atoms with Gasteiger partial charge < -0.3 is 10.6 Å². The molecule has 0 spiro atoms. The van der Waals surface area contributed by atoms with Crippen LogP contribution in [0.1, 0.15) is 57.8 Å². The van der Waals surface area contributed by atoms with Crippen LogP contribution in [0.4, 0.5) is 0 Å². The van der Waals surface area contributed by atoms with Gasteiger partial charge in [0.1, 0.15) is 0 Å². The van der Waals surface area contributed by atoms with Crippen molar-refractivity contribution in [3.05, 3.63) is 0 Å². The third-order valence-electron chi connectivity index (χ3n) is 6.90. The second-order valence-corrected chi connectivity index (χ2v) is 8.74. The summed E-state index contributed by atoms with van der Waals surface area (Å²) in [5.41, 5.74) is 6.51. The Morgan fingerprint density at radius 3 is 2.25 bits per heavy atom. The maximum absolute atomic E-state index is 5.77. The first kappa shape index (κ1) is 13.6. The number of nitrogens with two attached hydrogens (primary N) is 1. The zero-order valence-corrected chi connectivity index (χ0v) is 13.0. The molecule has 2 heteroatoms. The van der Waals surface area contributed by atoms with Crippen LogP contribution < -0.4 is 5.73 Å². The molecule has 1 atom stereocenters. The summed E-state index contributed by atoms with van der Waals surface area (Å²) in [6.07, 6.45) is 13.5. The van der Waals surface area contributed by atoms with Crippen LogP contribution in [-0.4, -0.2) is 31.1 Å². The number of hydrogen-bond donors (Lipinski definition) is 1. The summed E-state index contributed by atoms with van der Waals surface area (Å²) in [6.45, 7) is 5.02. The average Bonchev–Trinajstić information content (AvgIpc) is 2.37. The number of piperidine rings is 1. The van der Waals surface area contributed by atoms with E-state index in [0.717, 1.165) is 35.6 Å². The van der Waals surface area contributed by atoms with E-state index >= 15 is 0 Å². The molecule has 0 amide bonds. The Labute approximate surface area is 124 Å². The Hall–Kier alpha value is -0.0800. The molecule has 5 fully saturated rings. The van der Waals surface area contributed by atoms with Gasteiger partial charge in [-0.3, -0.25) is 0 Å². The van der Waals surface area contributed by atoms with Crippen molar-refractivity contribution in [2.45, 2.75) is 57.8 Å². The van der Waals surface area contributed by atoms with E-state index in [1.807, 2.05) is 0 Å². The lowest BCUT2D eigenvalue weighted by Crippen LogP contribution is -2.52. The van der Waals surface area contributed by atoms with Crippen LogP contribution in [0.25, 0.3) is 0 Å². The molecule has 0 aromatic rings. The highest BCUT2D eigenvalue weighted by molar-refractivity contribution is 5.02. The van der Waals surface area contributed by atoms with Gasteiger partial charge in [-0.15, -0.1) is 0 Å². The molecule has 114 valence electrons. The molecule has 20 heavy (non-hydrogen) atoms. The van der Waals surface area contributed by atoms with Crippen LogP contribution >= 0.6 is 0 Å². The Balaban J connectivity index is 1.41. The van der Waals surface area contributed by atoms with Crippen molar-refractivity contribution >= 4 is 0 Å². The average molecular weight is 276 g/mol. The molecule has 0 aromatic carbocycles. The van der Waals surface area contributed by atoms with E-state index in [9.17, 15) is 0 Å². The van der Waals surface area contributed by atoms with Crippen LogP contribution in [-0.2, 0) is 0 Å². The summed E-state index contributed by atoms with van der Waals surface area (Å²) in [4.78, 5) is 2.83. The smallest absolute Gasteiger partial charge is 0.00384 e. The van der Waals surface area contributed by atoms with Gasteiger partial charge in [-0.2, -0.15) is 0 Å².